The van der Waals surface area contributed by atoms with E-state index in [0.29, 0.717) is 31.8 Å². The topological polar surface area (TPSA) is 89.4 Å². The fraction of sp³-hybridized carbons (Fsp3) is 0.176. The number of phenolic OH excluding ortho intramolecular Hbond substituents is 1. The van der Waals surface area contributed by atoms with Gasteiger partial charge < -0.3 is 19.3 Å². The fourth-order valence-electron chi connectivity index (χ4n) is 1.92. The molecule has 2 aromatic rings. The number of carbonyl (C=O) groups is 1. The average Bonchev–Trinajstić information content (AvgIpc) is 2.62. The molecule has 0 radical (unpaired) electrons. The van der Waals surface area contributed by atoms with Crippen LogP contribution in [0.1, 0.15) is 5.56 Å². The summed E-state index contributed by atoms with van der Waals surface area (Å²) in [4.78, 5) is 11.9. The van der Waals surface area contributed by atoms with E-state index in [0.717, 1.165) is 0 Å². The lowest BCUT2D eigenvalue weighted by Crippen LogP contribution is -2.24. The maximum Gasteiger partial charge on any atom is 0.277 e. The summed E-state index contributed by atoms with van der Waals surface area (Å²) in [7, 11) is 3.01. The first-order valence-corrected chi connectivity index (χ1v) is 8.88. The van der Waals surface area contributed by atoms with Gasteiger partial charge in [-0.05, 0) is 67.8 Å². The Morgan fingerprint density at radius 1 is 1.19 bits per heavy atom. The largest absolute Gasteiger partial charge is 0.504 e. The highest BCUT2D eigenvalue weighted by Gasteiger charge is 2.11. The molecule has 0 aliphatic carbocycles. The van der Waals surface area contributed by atoms with Crippen LogP contribution in [0.5, 0.6) is 23.0 Å². The van der Waals surface area contributed by atoms with Crippen molar-refractivity contribution in [2.75, 3.05) is 20.8 Å². The van der Waals surface area contributed by atoms with Crippen molar-refractivity contribution in [1.29, 1.82) is 0 Å². The monoisotopic (exact) mass is 486 g/mol. The van der Waals surface area contributed by atoms with Crippen molar-refractivity contribution in [1.82, 2.24) is 5.43 Å². The first-order chi connectivity index (χ1) is 12.4. The highest BCUT2D eigenvalue weighted by molar-refractivity contribution is 9.11. The van der Waals surface area contributed by atoms with Gasteiger partial charge in [0.1, 0.15) is 11.5 Å². The Morgan fingerprint density at radius 3 is 2.50 bits per heavy atom. The highest BCUT2D eigenvalue weighted by atomic mass is 79.9. The minimum Gasteiger partial charge on any atom is -0.504 e. The summed E-state index contributed by atoms with van der Waals surface area (Å²) in [5.74, 6) is 1.04. The number of carbonyl (C=O) groups excluding carboxylic acids is 1. The van der Waals surface area contributed by atoms with Gasteiger partial charge in [0.25, 0.3) is 5.91 Å². The quantitative estimate of drug-likeness (QED) is 0.461. The van der Waals surface area contributed by atoms with E-state index in [1.165, 1.54) is 19.4 Å². The smallest absolute Gasteiger partial charge is 0.277 e. The van der Waals surface area contributed by atoms with Gasteiger partial charge in [-0.25, -0.2) is 5.43 Å². The van der Waals surface area contributed by atoms with E-state index >= 15 is 0 Å². The Kier molecular flexibility index (Phi) is 7.28. The van der Waals surface area contributed by atoms with Crippen LogP contribution in [0.25, 0.3) is 0 Å². The SMILES string of the molecule is COc1cc(Br)c(OCC(=O)NN=Cc2ccc(O)c(OC)c2)c(Br)c1. The summed E-state index contributed by atoms with van der Waals surface area (Å²) in [5, 5.41) is 13.4. The molecule has 2 rings (SSSR count). The van der Waals surface area contributed by atoms with Crippen LogP contribution < -0.4 is 19.6 Å². The number of hydrazone groups is 1. The number of aromatic hydroxyl groups is 1. The van der Waals surface area contributed by atoms with Gasteiger partial charge in [0.2, 0.25) is 0 Å². The highest BCUT2D eigenvalue weighted by Crippen LogP contribution is 2.37. The van der Waals surface area contributed by atoms with Crippen LogP contribution in [0.15, 0.2) is 44.4 Å². The standard InChI is InChI=1S/C17H16Br2N2O5/c1-24-11-6-12(18)17(13(19)7-11)26-9-16(23)21-20-8-10-3-4-14(22)15(5-10)25-2/h3-8,22H,9H2,1-2H3,(H,21,23). The third-order valence-corrected chi connectivity index (χ3v) is 4.34. The van der Waals surface area contributed by atoms with Crippen molar-refractivity contribution in [3.05, 3.63) is 44.8 Å². The van der Waals surface area contributed by atoms with Crippen LogP contribution in [0.2, 0.25) is 0 Å². The van der Waals surface area contributed by atoms with Crippen LogP contribution in [0.4, 0.5) is 0 Å². The molecule has 2 aromatic carbocycles. The lowest BCUT2D eigenvalue weighted by molar-refractivity contribution is -0.123. The number of amides is 1. The third kappa shape index (κ3) is 5.37. The molecule has 0 saturated carbocycles. The number of halogens is 2. The predicted molar refractivity (Wildman–Crippen MR) is 104 cm³/mol. The van der Waals surface area contributed by atoms with Crippen molar-refractivity contribution in [3.63, 3.8) is 0 Å². The van der Waals surface area contributed by atoms with Gasteiger partial charge in [0.15, 0.2) is 18.1 Å². The van der Waals surface area contributed by atoms with Crippen LogP contribution in [-0.4, -0.2) is 38.1 Å². The zero-order chi connectivity index (χ0) is 19.1. The number of phenols is 1. The van der Waals surface area contributed by atoms with Gasteiger partial charge in [-0.3, -0.25) is 4.79 Å². The number of hydrogen-bond acceptors (Lipinski definition) is 6. The molecule has 9 heteroatoms. The molecule has 1 amide bonds. The lowest BCUT2D eigenvalue weighted by atomic mass is 10.2. The molecule has 0 aromatic heterocycles. The Morgan fingerprint density at radius 2 is 1.88 bits per heavy atom. The Balaban J connectivity index is 1.91. The fourth-order valence-corrected chi connectivity index (χ4v) is 3.29. The van der Waals surface area contributed by atoms with Gasteiger partial charge in [0, 0.05) is 0 Å². The van der Waals surface area contributed by atoms with E-state index in [2.05, 4.69) is 42.4 Å². The number of benzene rings is 2. The Bertz CT molecular complexity index is 804. The maximum absolute atomic E-state index is 11.9. The van der Waals surface area contributed by atoms with Gasteiger partial charge >= 0.3 is 0 Å². The van der Waals surface area contributed by atoms with Crippen molar-refractivity contribution >= 4 is 44.0 Å². The van der Waals surface area contributed by atoms with Crippen molar-refractivity contribution in [3.8, 4) is 23.0 Å². The van der Waals surface area contributed by atoms with Crippen LogP contribution in [0, 0.1) is 0 Å². The molecule has 0 aliphatic rings. The van der Waals surface area contributed by atoms with Gasteiger partial charge in [-0.15, -0.1) is 0 Å². The van der Waals surface area contributed by atoms with Gasteiger partial charge in [-0.2, -0.15) is 5.10 Å². The van der Waals surface area contributed by atoms with Crippen LogP contribution >= 0.6 is 31.9 Å². The van der Waals surface area contributed by atoms with Gasteiger partial charge in [-0.1, -0.05) is 0 Å². The number of nitrogens with one attached hydrogen (secondary N) is 1. The molecule has 138 valence electrons. The van der Waals surface area contributed by atoms with E-state index in [9.17, 15) is 9.90 Å². The summed E-state index contributed by atoms with van der Waals surface area (Å²) in [5.41, 5.74) is 3.02. The molecule has 0 atom stereocenters. The van der Waals surface area contributed by atoms with Crippen molar-refractivity contribution in [2.45, 2.75) is 0 Å². The number of rotatable bonds is 7. The van der Waals surface area contributed by atoms with E-state index in [1.807, 2.05) is 0 Å². The molecule has 7 nitrogen and oxygen atoms in total. The molecule has 0 unspecified atom stereocenters. The second kappa shape index (κ2) is 9.44. The Labute approximate surface area is 167 Å². The van der Waals surface area contributed by atoms with E-state index < -0.39 is 5.91 Å². The number of hydrogen-bond donors (Lipinski definition) is 2. The molecule has 0 aliphatic heterocycles. The normalized spacial score (nSPS) is 10.6. The number of nitrogens with zero attached hydrogens (tertiary/aromatic N) is 1. The van der Waals surface area contributed by atoms with E-state index in [-0.39, 0.29) is 12.4 Å². The maximum atomic E-state index is 11.9. The van der Waals surface area contributed by atoms with Crippen LogP contribution in [0.3, 0.4) is 0 Å². The molecular weight excluding hydrogens is 472 g/mol. The van der Waals surface area contributed by atoms with Crippen molar-refractivity contribution < 1.29 is 24.1 Å². The minimum atomic E-state index is -0.429. The summed E-state index contributed by atoms with van der Waals surface area (Å²) < 4.78 is 16.9. The second-order valence-corrected chi connectivity index (χ2v) is 6.64. The summed E-state index contributed by atoms with van der Waals surface area (Å²) >= 11 is 6.73. The molecule has 2 N–H and O–H groups in total. The third-order valence-electron chi connectivity index (χ3n) is 3.16. The summed E-state index contributed by atoms with van der Waals surface area (Å²) in [6, 6.07) is 8.16. The molecule has 0 saturated heterocycles. The second-order valence-electron chi connectivity index (χ2n) is 4.93. The zero-order valence-corrected chi connectivity index (χ0v) is 17.1. The Hall–Kier alpha value is -2.26. The van der Waals surface area contributed by atoms with E-state index in [1.54, 1.807) is 31.4 Å². The molecule has 0 fully saturated rings. The lowest BCUT2D eigenvalue weighted by Gasteiger charge is -2.11. The van der Waals surface area contributed by atoms with Crippen molar-refractivity contribution in [2.24, 2.45) is 5.10 Å². The molecule has 0 spiro atoms. The summed E-state index contributed by atoms with van der Waals surface area (Å²) in [6.45, 7) is -0.222. The zero-order valence-electron chi connectivity index (χ0n) is 14.0. The summed E-state index contributed by atoms with van der Waals surface area (Å²) in [6.07, 6.45) is 1.43. The number of ether oxygens (including phenoxy) is 3. The molecule has 0 heterocycles. The van der Waals surface area contributed by atoms with E-state index in [4.69, 9.17) is 14.2 Å². The van der Waals surface area contributed by atoms with Crippen LogP contribution in [-0.2, 0) is 4.79 Å². The minimum absolute atomic E-state index is 0.0257. The molecule has 26 heavy (non-hydrogen) atoms. The molecular formula is C17H16Br2N2O5. The molecule has 0 bridgehead atoms. The first-order valence-electron chi connectivity index (χ1n) is 7.29. The first kappa shape index (κ1) is 20.1. The average molecular weight is 488 g/mol. The predicted octanol–water partition coefficient (Wildman–Crippen LogP) is 3.46. The van der Waals surface area contributed by atoms with Gasteiger partial charge in [0.05, 0.1) is 29.4 Å². The number of methoxy groups -OCH3 is 2.